The molecule has 2 heterocycles. The molecule has 0 unspecified atom stereocenters. The molecule has 0 saturated heterocycles. The van der Waals surface area contributed by atoms with Gasteiger partial charge in [0.2, 0.25) is 0 Å². The average molecular weight is 344 g/mol. The van der Waals surface area contributed by atoms with Gasteiger partial charge < -0.3 is 4.98 Å². The Morgan fingerprint density at radius 2 is 1.52 bits per heavy atom. The van der Waals surface area contributed by atoms with E-state index in [2.05, 4.69) is 89.9 Å². The van der Waals surface area contributed by atoms with Gasteiger partial charge in [-0.3, -0.25) is 0 Å². The van der Waals surface area contributed by atoms with Gasteiger partial charge in [-0.15, -0.1) is 0 Å². The molecule has 1 aromatic heterocycles. The molecule has 4 aromatic carbocycles. The summed E-state index contributed by atoms with van der Waals surface area (Å²) < 4.78 is 0. The van der Waals surface area contributed by atoms with Gasteiger partial charge in [0.05, 0.1) is 11.0 Å². The fourth-order valence-corrected chi connectivity index (χ4v) is 4.03. The van der Waals surface area contributed by atoms with Crippen molar-refractivity contribution in [2.24, 2.45) is 4.99 Å². The maximum absolute atomic E-state index is 4.71. The van der Waals surface area contributed by atoms with Crippen LogP contribution in [0.2, 0.25) is 0 Å². The molecule has 5 aromatic rings. The van der Waals surface area contributed by atoms with Crippen molar-refractivity contribution < 1.29 is 0 Å². The Kier molecular flexibility index (Phi) is 2.91. The molecule has 1 aliphatic heterocycles. The van der Waals surface area contributed by atoms with E-state index in [1.54, 1.807) is 0 Å². The number of nitrogens with one attached hydrogen (secondary N) is 1. The van der Waals surface area contributed by atoms with Crippen LogP contribution in [0.25, 0.3) is 39.0 Å². The molecule has 6 rings (SSSR count). The van der Waals surface area contributed by atoms with E-state index in [-0.39, 0.29) is 0 Å². The number of aromatic amines is 1. The first-order valence-corrected chi connectivity index (χ1v) is 9.16. The van der Waals surface area contributed by atoms with Gasteiger partial charge in [-0.25, -0.2) is 4.99 Å². The predicted octanol–water partition coefficient (Wildman–Crippen LogP) is 5.08. The molecule has 0 amide bonds. The molecule has 0 radical (unpaired) electrons. The van der Waals surface area contributed by atoms with E-state index in [1.807, 2.05) is 6.07 Å². The van der Waals surface area contributed by atoms with Crippen LogP contribution in [0.1, 0.15) is 5.56 Å². The lowest BCUT2D eigenvalue weighted by Crippen LogP contribution is -2.09. The summed E-state index contributed by atoms with van der Waals surface area (Å²) in [4.78, 5) is 8.20. The van der Waals surface area contributed by atoms with Gasteiger partial charge >= 0.3 is 0 Å². The predicted molar refractivity (Wildman–Crippen MR) is 112 cm³/mol. The van der Waals surface area contributed by atoms with E-state index >= 15 is 0 Å². The van der Waals surface area contributed by atoms with Crippen LogP contribution in [-0.4, -0.2) is 4.98 Å². The first-order chi connectivity index (χ1) is 13.3. The van der Waals surface area contributed by atoms with Gasteiger partial charge in [0.15, 0.2) is 0 Å². The minimum atomic E-state index is 1.06. The first kappa shape index (κ1) is 14.5. The van der Waals surface area contributed by atoms with Gasteiger partial charge in [0.1, 0.15) is 0 Å². The summed E-state index contributed by atoms with van der Waals surface area (Å²) >= 11 is 0. The van der Waals surface area contributed by atoms with E-state index in [4.69, 9.17) is 4.99 Å². The number of H-pyrrole nitrogens is 1. The Morgan fingerprint density at radius 3 is 2.52 bits per heavy atom. The molecule has 0 atom stereocenters. The molecule has 0 saturated carbocycles. The van der Waals surface area contributed by atoms with E-state index in [0.717, 1.165) is 11.0 Å². The second-order valence-electron chi connectivity index (χ2n) is 7.03. The summed E-state index contributed by atoms with van der Waals surface area (Å²) in [5.41, 5.74) is 7.05. The molecular weight excluding hydrogens is 328 g/mol. The number of benzene rings is 4. The van der Waals surface area contributed by atoms with Crippen LogP contribution in [0.5, 0.6) is 0 Å². The third-order valence-corrected chi connectivity index (χ3v) is 5.32. The van der Waals surface area contributed by atoms with E-state index in [0.29, 0.717) is 0 Å². The molecule has 0 spiro atoms. The van der Waals surface area contributed by atoms with Gasteiger partial charge in [-0.05, 0) is 53.3 Å². The second-order valence-corrected chi connectivity index (χ2v) is 7.03. The zero-order valence-corrected chi connectivity index (χ0v) is 14.6. The lowest BCUT2D eigenvalue weighted by Gasteiger charge is -1.99. The zero-order valence-electron chi connectivity index (χ0n) is 14.6. The number of hydrogen-bond donors (Lipinski definition) is 1. The normalized spacial score (nSPS) is 13.0. The lowest BCUT2D eigenvalue weighted by atomic mass is 10.0. The van der Waals surface area contributed by atoms with Crippen molar-refractivity contribution in [3.63, 3.8) is 0 Å². The largest absolute Gasteiger partial charge is 0.355 e. The minimum Gasteiger partial charge on any atom is -0.355 e. The lowest BCUT2D eigenvalue weighted by molar-refractivity contribution is 1.40. The third kappa shape index (κ3) is 2.24. The number of aromatic nitrogens is 1. The van der Waals surface area contributed by atoms with Gasteiger partial charge in [-0.1, -0.05) is 48.5 Å². The maximum Gasteiger partial charge on any atom is 0.0716 e. The summed E-state index contributed by atoms with van der Waals surface area (Å²) in [5.74, 6) is 0. The quantitative estimate of drug-likeness (QED) is 0.431. The van der Waals surface area contributed by atoms with Crippen LogP contribution in [0.4, 0.5) is 5.69 Å². The Hall–Kier alpha value is -3.65. The standard InChI is InChI=1S/C25H16N2/c1-3-7-22-18(5-1)20-14-16(9-11-24(20)26-22)13-17-10-12-25-21(15-17)19-6-2-4-8-23(19)27-25/h1-15,26H/b17-13+. The van der Waals surface area contributed by atoms with Crippen LogP contribution in [0.15, 0.2) is 89.9 Å². The van der Waals surface area contributed by atoms with Crippen LogP contribution in [0.3, 0.4) is 0 Å². The molecule has 0 aliphatic carbocycles. The molecule has 1 aliphatic rings. The molecular formula is C25H16N2. The Balaban J connectivity index is 1.53. The highest BCUT2D eigenvalue weighted by Gasteiger charge is 2.12. The molecule has 0 fully saturated rings. The Labute approximate surface area is 156 Å². The Bertz CT molecular complexity index is 1470. The van der Waals surface area contributed by atoms with Crippen molar-refractivity contribution in [1.82, 2.24) is 4.98 Å². The van der Waals surface area contributed by atoms with Crippen LogP contribution in [0, 0.1) is 0 Å². The van der Waals surface area contributed by atoms with Gasteiger partial charge in [-0.2, -0.15) is 0 Å². The summed E-state index contributed by atoms with van der Waals surface area (Å²) in [6.07, 6.45) is 2.24. The highest BCUT2D eigenvalue weighted by molar-refractivity contribution is 6.07. The van der Waals surface area contributed by atoms with Crippen molar-refractivity contribution in [2.75, 3.05) is 0 Å². The smallest absolute Gasteiger partial charge is 0.0716 e. The zero-order chi connectivity index (χ0) is 17.8. The van der Waals surface area contributed by atoms with Crippen LogP contribution < -0.4 is 10.6 Å². The topological polar surface area (TPSA) is 28.1 Å². The van der Waals surface area contributed by atoms with Crippen molar-refractivity contribution >= 4 is 33.6 Å². The minimum absolute atomic E-state index is 1.06. The van der Waals surface area contributed by atoms with Crippen molar-refractivity contribution in [1.29, 1.82) is 0 Å². The Morgan fingerprint density at radius 1 is 0.667 bits per heavy atom. The highest BCUT2D eigenvalue weighted by atomic mass is 14.8. The van der Waals surface area contributed by atoms with Crippen LogP contribution in [-0.2, 0) is 0 Å². The number of rotatable bonds is 1. The third-order valence-electron chi connectivity index (χ3n) is 5.32. The molecule has 2 nitrogen and oxygen atoms in total. The van der Waals surface area contributed by atoms with Crippen LogP contribution >= 0.6 is 0 Å². The molecule has 27 heavy (non-hydrogen) atoms. The second kappa shape index (κ2) is 5.42. The molecule has 2 heteroatoms. The highest BCUT2D eigenvalue weighted by Crippen LogP contribution is 2.31. The number of nitrogens with zero attached hydrogens (tertiary/aromatic N) is 1. The number of fused-ring (bicyclic) bond motifs is 6. The monoisotopic (exact) mass is 344 g/mol. The average Bonchev–Trinajstić information content (AvgIpc) is 3.26. The summed E-state index contributed by atoms with van der Waals surface area (Å²) in [6, 6.07) is 29.9. The summed E-state index contributed by atoms with van der Waals surface area (Å²) in [7, 11) is 0. The van der Waals surface area contributed by atoms with Gasteiger partial charge in [0, 0.05) is 32.9 Å². The molecule has 0 bridgehead atoms. The van der Waals surface area contributed by atoms with E-state index < -0.39 is 0 Å². The molecule has 126 valence electrons. The summed E-state index contributed by atoms with van der Waals surface area (Å²) in [5, 5.41) is 4.78. The maximum atomic E-state index is 4.71. The SMILES string of the molecule is C(/c1ccc2[nH]c3ccccc3c2c1)=c1/ccc2c(c1)-c1ccccc1N=2. The number of hydrogen-bond acceptors (Lipinski definition) is 1. The number of para-hydroxylation sites is 2. The van der Waals surface area contributed by atoms with Crippen molar-refractivity contribution in [3.05, 3.63) is 101 Å². The summed E-state index contributed by atoms with van der Waals surface area (Å²) in [6.45, 7) is 0. The van der Waals surface area contributed by atoms with Crippen molar-refractivity contribution in [3.8, 4) is 11.1 Å². The van der Waals surface area contributed by atoms with E-state index in [1.165, 1.54) is 43.7 Å². The fourth-order valence-electron chi connectivity index (χ4n) is 4.03. The molecule has 1 N–H and O–H groups in total. The fraction of sp³-hybridized carbons (Fsp3) is 0. The van der Waals surface area contributed by atoms with E-state index in [9.17, 15) is 0 Å². The first-order valence-electron chi connectivity index (χ1n) is 9.16. The van der Waals surface area contributed by atoms with Gasteiger partial charge in [0.25, 0.3) is 0 Å². The van der Waals surface area contributed by atoms with Crippen molar-refractivity contribution in [2.45, 2.75) is 0 Å².